The molecule has 0 atom stereocenters. The van der Waals surface area contributed by atoms with Gasteiger partial charge in [-0.3, -0.25) is 4.79 Å². The van der Waals surface area contributed by atoms with Crippen LogP contribution in [-0.4, -0.2) is 28.0 Å². The monoisotopic (exact) mass is 443 g/mol. The van der Waals surface area contributed by atoms with Gasteiger partial charge < -0.3 is 5.32 Å². The molecule has 1 heterocycles. The number of halogens is 8. The van der Waals surface area contributed by atoms with Crippen LogP contribution in [0.4, 0.5) is 36.6 Å². The number of nitrogens with zero attached hydrogens (tertiary/aromatic N) is 2. The zero-order chi connectivity index (χ0) is 21.6. The minimum atomic E-state index is -4.76. The van der Waals surface area contributed by atoms with Gasteiger partial charge in [0.1, 0.15) is 23.6 Å². The first-order valence-corrected chi connectivity index (χ1v) is 8.64. The third-order valence-electron chi connectivity index (χ3n) is 4.51. The number of alkyl halides is 6. The van der Waals surface area contributed by atoms with Gasteiger partial charge in [0.25, 0.3) is 0 Å². The Morgan fingerprint density at radius 3 is 2.34 bits per heavy atom. The lowest BCUT2D eigenvalue weighted by atomic mass is 10.0. The third kappa shape index (κ3) is 4.65. The van der Waals surface area contributed by atoms with Crippen LogP contribution < -0.4 is 5.32 Å². The van der Waals surface area contributed by atoms with Crippen molar-refractivity contribution in [2.45, 2.75) is 43.6 Å². The molecule has 0 saturated heterocycles. The van der Waals surface area contributed by atoms with Crippen LogP contribution in [0.5, 0.6) is 0 Å². The van der Waals surface area contributed by atoms with Crippen molar-refractivity contribution in [3.05, 3.63) is 46.4 Å². The van der Waals surface area contributed by atoms with Crippen molar-refractivity contribution < 1.29 is 35.5 Å². The molecule has 1 saturated carbocycles. The van der Waals surface area contributed by atoms with Crippen molar-refractivity contribution in [1.29, 1.82) is 0 Å². The van der Waals surface area contributed by atoms with Crippen LogP contribution in [0.15, 0.2) is 24.3 Å². The molecule has 1 aliphatic carbocycles. The minimum Gasteiger partial charge on any atom is -0.311 e. The SMILES string of the molecule is O=C(Cc1ccc(F)c(Cl)c1)Nc1cc(C2(C(F)(F)F)CC2)nn1CC(F)(F)F. The zero-order valence-corrected chi connectivity index (χ0v) is 15.2. The summed E-state index contributed by atoms with van der Waals surface area (Å²) in [5.41, 5.74) is -2.60. The second-order valence-corrected chi connectivity index (χ2v) is 7.15. The number of rotatable bonds is 5. The fourth-order valence-corrected chi connectivity index (χ4v) is 3.08. The molecule has 0 bridgehead atoms. The molecule has 1 aromatic heterocycles. The molecule has 1 fully saturated rings. The van der Waals surface area contributed by atoms with E-state index >= 15 is 0 Å². The second-order valence-electron chi connectivity index (χ2n) is 6.74. The Kier molecular flexibility index (Phi) is 5.31. The van der Waals surface area contributed by atoms with Crippen molar-refractivity contribution in [2.24, 2.45) is 0 Å². The number of benzene rings is 1. The predicted molar refractivity (Wildman–Crippen MR) is 89.0 cm³/mol. The minimum absolute atomic E-state index is 0.249. The summed E-state index contributed by atoms with van der Waals surface area (Å²) < 4.78 is 91.7. The Balaban J connectivity index is 1.85. The van der Waals surface area contributed by atoms with Crippen LogP contribution in [0.2, 0.25) is 5.02 Å². The van der Waals surface area contributed by atoms with Gasteiger partial charge >= 0.3 is 12.4 Å². The van der Waals surface area contributed by atoms with E-state index in [1.54, 1.807) is 0 Å². The number of amides is 1. The number of carbonyl (C=O) groups is 1. The van der Waals surface area contributed by atoms with E-state index in [0.717, 1.165) is 18.2 Å². The third-order valence-corrected chi connectivity index (χ3v) is 4.80. The van der Waals surface area contributed by atoms with Crippen LogP contribution >= 0.6 is 11.6 Å². The van der Waals surface area contributed by atoms with E-state index in [2.05, 4.69) is 10.4 Å². The molecular formula is C17H13ClF7N3O. The predicted octanol–water partition coefficient (Wildman–Crippen LogP) is 5.01. The van der Waals surface area contributed by atoms with E-state index in [4.69, 9.17) is 11.6 Å². The summed E-state index contributed by atoms with van der Waals surface area (Å²) in [6.07, 6.45) is -10.4. The molecule has 0 spiro atoms. The molecular weight excluding hydrogens is 431 g/mol. The van der Waals surface area contributed by atoms with E-state index in [1.165, 1.54) is 6.07 Å². The normalized spacial score (nSPS) is 16.0. The first kappa shape index (κ1) is 21.4. The number of carbonyl (C=O) groups excluding carboxylic acids is 1. The first-order chi connectivity index (χ1) is 13.3. The molecule has 0 unspecified atom stereocenters. The van der Waals surface area contributed by atoms with Gasteiger partial charge in [0.05, 0.1) is 17.1 Å². The highest BCUT2D eigenvalue weighted by molar-refractivity contribution is 6.30. The lowest BCUT2D eigenvalue weighted by Crippen LogP contribution is -2.29. The summed E-state index contributed by atoms with van der Waals surface area (Å²) in [4.78, 5) is 12.2. The Hall–Kier alpha value is -2.30. The molecule has 4 nitrogen and oxygen atoms in total. The van der Waals surface area contributed by atoms with Crippen LogP contribution in [-0.2, 0) is 23.2 Å². The molecule has 2 aromatic rings. The van der Waals surface area contributed by atoms with Crippen LogP contribution in [0.1, 0.15) is 24.1 Å². The van der Waals surface area contributed by atoms with Crippen molar-refractivity contribution in [1.82, 2.24) is 9.78 Å². The molecule has 1 aromatic carbocycles. The summed E-state index contributed by atoms with van der Waals surface area (Å²) in [7, 11) is 0. The standard InChI is InChI=1S/C17H13ClF7N3O/c18-10-5-9(1-2-11(10)19)6-14(29)26-13-7-12(15(3-4-15)17(23,24)25)27-28(13)8-16(20,21)22/h1-2,5,7H,3-4,6,8H2,(H,26,29). The van der Waals surface area contributed by atoms with Gasteiger partial charge in [-0.1, -0.05) is 17.7 Å². The topological polar surface area (TPSA) is 46.9 Å². The fraction of sp³-hybridized carbons (Fsp3) is 0.412. The Morgan fingerprint density at radius 1 is 1.17 bits per heavy atom. The average molecular weight is 444 g/mol. The highest BCUT2D eigenvalue weighted by Gasteiger charge is 2.66. The smallest absolute Gasteiger partial charge is 0.311 e. The highest BCUT2D eigenvalue weighted by atomic mass is 35.5. The quantitative estimate of drug-likeness (QED) is 0.660. The Bertz CT molecular complexity index is 932. The number of aromatic nitrogens is 2. The lowest BCUT2D eigenvalue weighted by molar-refractivity contribution is -0.161. The molecule has 1 N–H and O–H groups in total. The molecule has 3 rings (SSSR count). The van der Waals surface area contributed by atoms with E-state index < -0.39 is 47.5 Å². The van der Waals surface area contributed by atoms with Gasteiger partial charge in [0, 0.05) is 6.07 Å². The van der Waals surface area contributed by atoms with Gasteiger partial charge in [0.2, 0.25) is 5.91 Å². The molecule has 29 heavy (non-hydrogen) atoms. The maximum Gasteiger partial charge on any atom is 0.408 e. The number of anilines is 1. The maximum absolute atomic E-state index is 13.3. The summed E-state index contributed by atoms with van der Waals surface area (Å²) in [5, 5.41) is 5.37. The zero-order valence-electron chi connectivity index (χ0n) is 14.5. The summed E-state index contributed by atoms with van der Waals surface area (Å²) in [6, 6.07) is 4.23. The number of nitrogens with one attached hydrogen (secondary N) is 1. The average Bonchev–Trinajstić information content (AvgIpc) is 3.30. The largest absolute Gasteiger partial charge is 0.408 e. The van der Waals surface area contributed by atoms with Crippen molar-refractivity contribution in [3.63, 3.8) is 0 Å². The molecule has 0 aliphatic heterocycles. The fourth-order valence-electron chi connectivity index (χ4n) is 2.87. The van der Waals surface area contributed by atoms with Gasteiger partial charge in [-0.2, -0.15) is 31.4 Å². The maximum atomic E-state index is 13.3. The van der Waals surface area contributed by atoms with Gasteiger partial charge in [-0.15, -0.1) is 0 Å². The van der Waals surface area contributed by atoms with Crippen LogP contribution in [0, 0.1) is 5.82 Å². The summed E-state index contributed by atoms with van der Waals surface area (Å²) >= 11 is 5.61. The van der Waals surface area contributed by atoms with E-state index in [9.17, 15) is 35.5 Å². The molecule has 158 valence electrons. The van der Waals surface area contributed by atoms with Crippen molar-refractivity contribution in [2.75, 3.05) is 5.32 Å². The molecule has 1 amide bonds. The van der Waals surface area contributed by atoms with Crippen molar-refractivity contribution >= 4 is 23.3 Å². The van der Waals surface area contributed by atoms with Crippen molar-refractivity contribution in [3.8, 4) is 0 Å². The molecule has 12 heteroatoms. The Labute approximate surface area is 164 Å². The summed E-state index contributed by atoms with van der Waals surface area (Å²) in [6.45, 7) is -1.67. The van der Waals surface area contributed by atoms with E-state index in [1.807, 2.05) is 0 Å². The van der Waals surface area contributed by atoms with Crippen LogP contribution in [0.3, 0.4) is 0 Å². The first-order valence-electron chi connectivity index (χ1n) is 8.26. The van der Waals surface area contributed by atoms with E-state index in [0.29, 0.717) is 0 Å². The molecule has 1 aliphatic rings. The second kappa shape index (κ2) is 7.19. The molecule has 0 radical (unpaired) electrons. The van der Waals surface area contributed by atoms with Gasteiger partial charge in [0.15, 0.2) is 0 Å². The van der Waals surface area contributed by atoms with Gasteiger partial charge in [-0.05, 0) is 30.5 Å². The number of hydrogen-bond donors (Lipinski definition) is 1. The lowest BCUT2D eigenvalue weighted by Gasteiger charge is -2.16. The van der Waals surface area contributed by atoms with Gasteiger partial charge in [-0.25, -0.2) is 9.07 Å². The Morgan fingerprint density at radius 2 is 1.83 bits per heavy atom. The van der Waals surface area contributed by atoms with Crippen LogP contribution in [0.25, 0.3) is 0 Å². The highest BCUT2D eigenvalue weighted by Crippen LogP contribution is 2.58. The number of hydrogen-bond acceptors (Lipinski definition) is 2. The van der Waals surface area contributed by atoms with E-state index in [-0.39, 0.29) is 34.5 Å². The summed E-state index contributed by atoms with van der Waals surface area (Å²) in [5.74, 6) is -2.05.